The first-order valence-corrected chi connectivity index (χ1v) is 12.1. The summed E-state index contributed by atoms with van der Waals surface area (Å²) in [6, 6.07) is 11.2. The summed E-state index contributed by atoms with van der Waals surface area (Å²) in [6.07, 6.45) is 2.38. The number of amides is 1. The number of aryl methyl sites for hydroxylation is 1. The maximum absolute atomic E-state index is 13.4. The lowest BCUT2D eigenvalue weighted by Gasteiger charge is -2.27. The highest BCUT2D eigenvalue weighted by Crippen LogP contribution is 2.31. The molecule has 6 nitrogen and oxygen atoms in total. The monoisotopic (exact) mass is 446 g/mol. The van der Waals surface area contributed by atoms with E-state index in [1.165, 1.54) is 22.5 Å². The van der Waals surface area contributed by atoms with Crippen molar-refractivity contribution < 1.29 is 22.3 Å². The SMILES string of the molecule is CCc1ccc(C(=O)N(Cc2ccc(F)cc2)C2CC2)cc1S(=O)(=O)N1CCOCC1. The van der Waals surface area contributed by atoms with Crippen molar-refractivity contribution in [2.75, 3.05) is 26.3 Å². The number of carbonyl (C=O) groups is 1. The standard InChI is InChI=1S/C23H27FN2O4S/c1-2-18-5-6-19(15-22(18)31(28,29)25-11-13-30-14-12-25)23(27)26(21-9-10-21)16-17-3-7-20(24)8-4-17/h3-8,15,21H,2,9-14,16H2,1H3. The Morgan fingerprint density at radius 3 is 2.42 bits per heavy atom. The van der Waals surface area contributed by atoms with Crippen molar-refractivity contribution in [3.63, 3.8) is 0 Å². The van der Waals surface area contributed by atoms with Crippen molar-refractivity contribution in [2.24, 2.45) is 0 Å². The van der Waals surface area contributed by atoms with Crippen LogP contribution >= 0.6 is 0 Å². The lowest BCUT2D eigenvalue weighted by atomic mass is 10.1. The van der Waals surface area contributed by atoms with Crippen LogP contribution in [0.25, 0.3) is 0 Å². The lowest BCUT2D eigenvalue weighted by molar-refractivity contribution is 0.0725. The van der Waals surface area contributed by atoms with Crippen LogP contribution in [0, 0.1) is 5.82 Å². The van der Waals surface area contributed by atoms with E-state index in [2.05, 4.69) is 0 Å². The molecule has 1 saturated heterocycles. The number of hydrogen-bond acceptors (Lipinski definition) is 4. The molecular weight excluding hydrogens is 419 g/mol. The number of sulfonamides is 1. The molecule has 166 valence electrons. The van der Waals surface area contributed by atoms with Gasteiger partial charge in [-0.05, 0) is 54.7 Å². The van der Waals surface area contributed by atoms with Gasteiger partial charge in [-0.1, -0.05) is 25.1 Å². The minimum atomic E-state index is -3.71. The quantitative estimate of drug-likeness (QED) is 0.655. The first kappa shape index (κ1) is 21.9. The third-order valence-electron chi connectivity index (χ3n) is 5.80. The summed E-state index contributed by atoms with van der Waals surface area (Å²) >= 11 is 0. The predicted molar refractivity (Wildman–Crippen MR) is 115 cm³/mol. The van der Waals surface area contributed by atoms with Crippen LogP contribution < -0.4 is 0 Å². The molecule has 1 heterocycles. The molecule has 0 radical (unpaired) electrons. The largest absolute Gasteiger partial charge is 0.379 e. The van der Waals surface area contributed by atoms with Crippen molar-refractivity contribution in [3.8, 4) is 0 Å². The van der Waals surface area contributed by atoms with Crippen LogP contribution in [-0.2, 0) is 27.7 Å². The van der Waals surface area contributed by atoms with Crippen molar-refractivity contribution in [2.45, 2.75) is 43.7 Å². The second-order valence-corrected chi connectivity index (χ2v) is 9.89. The van der Waals surface area contributed by atoms with Gasteiger partial charge in [0.15, 0.2) is 0 Å². The van der Waals surface area contributed by atoms with Gasteiger partial charge in [0, 0.05) is 31.2 Å². The van der Waals surface area contributed by atoms with Gasteiger partial charge in [-0.25, -0.2) is 12.8 Å². The Hall–Kier alpha value is -2.29. The van der Waals surface area contributed by atoms with Gasteiger partial charge in [-0.15, -0.1) is 0 Å². The lowest BCUT2D eigenvalue weighted by Crippen LogP contribution is -2.41. The zero-order chi connectivity index (χ0) is 22.0. The van der Waals surface area contributed by atoms with E-state index in [1.807, 2.05) is 6.92 Å². The van der Waals surface area contributed by atoms with Gasteiger partial charge in [-0.3, -0.25) is 4.79 Å². The van der Waals surface area contributed by atoms with E-state index in [4.69, 9.17) is 4.74 Å². The third kappa shape index (κ3) is 4.81. The maximum Gasteiger partial charge on any atom is 0.254 e. The van der Waals surface area contributed by atoms with Gasteiger partial charge in [0.2, 0.25) is 10.0 Å². The zero-order valence-corrected chi connectivity index (χ0v) is 18.4. The summed E-state index contributed by atoms with van der Waals surface area (Å²) in [6.45, 7) is 3.62. The average molecular weight is 447 g/mol. The summed E-state index contributed by atoms with van der Waals surface area (Å²) in [7, 11) is -3.71. The molecule has 31 heavy (non-hydrogen) atoms. The van der Waals surface area contributed by atoms with E-state index < -0.39 is 10.0 Å². The molecule has 1 saturated carbocycles. The molecule has 2 aromatic rings. The second-order valence-electron chi connectivity index (χ2n) is 7.98. The Morgan fingerprint density at radius 1 is 1.13 bits per heavy atom. The van der Waals surface area contributed by atoms with Crippen molar-refractivity contribution >= 4 is 15.9 Å². The smallest absolute Gasteiger partial charge is 0.254 e. The van der Waals surface area contributed by atoms with Gasteiger partial charge in [-0.2, -0.15) is 4.31 Å². The predicted octanol–water partition coefficient (Wildman–Crippen LogP) is 3.21. The molecule has 0 spiro atoms. The Labute approximate surface area is 182 Å². The van der Waals surface area contributed by atoms with Crippen LogP contribution in [0.4, 0.5) is 4.39 Å². The maximum atomic E-state index is 13.4. The Kier molecular flexibility index (Phi) is 6.41. The molecule has 1 aliphatic heterocycles. The summed E-state index contributed by atoms with van der Waals surface area (Å²) < 4.78 is 46.5. The number of benzene rings is 2. The molecule has 0 aromatic heterocycles. The fourth-order valence-corrected chi connectivity index (χ4v) is 5.58. The molecule has 0 unspecified atom stereocenters. The second kappa shape index (κ2) is 9.06. The molecule has 2 aromatic carbocycles. The fraction of sp³-hybridized carbons (Fsp3) is 0.435. The fourth-order valence-electron chi connectivity index (χ4n) is 3.85. The number of nitrogens with zero attached hydrogens (tertiary/aromatic N) is 2. The Morgan fingerprint density at radius 2 is 1.81 bits per heavy atom. The van der Waals surface area contributed by atoms with Gasteiger partial charge >= 0.3 is 0 Å². The molecule has 4 rings (SSSR count). The molecule has 8 heteroatoms. The highest BCUT2D eigenvalue weighted by Gasteiger charge is 2.34. The summed E-state index contributed by atoms with van der Waals surface area (Å²) in [5.41, 5.74) is 1.89. The molecule has 0 atom stereocenters. The topological polar surface area (TPSA) is 66.9 Å². The summed E-state index contributed by atoms with van der Waals surface area (Å²) in [5, 5.41) is 0. The summed E-state index contributed by atoms with van der Waals surface area (Å²) in [4.78, 5) is 15.3. The van der Waals surface area contributed by atoms with Gasteiger partial charge in [0.05, 0.1) is 18.1 Å². The minimum Gasteiger partial charge on any atom is -0.379 e. The van der Waals surface area contributed by atoms with E-state index in [0.29, 0.717) is 50.4 Å². The van der Waals surface area contributed by atoms with E-state index >= 15 is 0 Å². The number of hydrogen-bond donors (Lipinski definition) is 0. The highest BCUT2D eigenvalue weighted by atomic mass is 32.2. The normalized spacial score (nSPS) is 17.5. The van der Waals surface area contributed by atoms with Gasteiger partial charge in [0.1, 0.15) is 5.82 Å². The average Bonchev–Trinajstić information content (AvgIpc) is 3.63. The van der Waals surface area contributed by atoms with Gasteiger partial charge < -0.3 is 9.64 Å². The van der Waals surface area contributed by atoms with Crippen molar-refractivity contribution in [1.82, 2.24) is 9.21 Å². The van der Waals surface area contributed by atoms with Crippen LogP contribution in [0.15, 0.2) is 47.4 Å². The number of carbonyl (C=O) groups excluding carboxylic acids is 1. The molecule has 1 aliphatic carbocycles. The Bertz CT molecular complexity index is 1050. The molecule has 0 bridgehead atoms. The van der Waals surface area contributed by atoms with Crippen LogP contribution in [0.5, 0.6) is 0 Å². The molecule has 1 amide bonds. The zero-order valence-electron chi connectivity index (χ0n) is 17.6. The molecule has 2 fully saturated rings. The van der Waals surface area contributed by atoms with Crippen molar-refractivity contribution in [3.05, 3.63) is 65.0 Å². The number of morpholine rings is 1. The van der Waals surface area contributed by atoms with E-state index in [1.54, 1.807) is 29.2 Å². The number of ether oxygens (including phenoxy) is 1. The van der Waals surface area contributed by atoms with Crippen LogP contribution in [-0.4, -0.2) is 55.9 Å². The highest BCUT2D eigenvalue weighted by molar-refractivity contribution is 7.89. The molecule has 2 aliphatic rings. The summed E-state index contributed by atoms with van der Waals surface area (Å²) in [5.74, 6) is -0.519. The van der Waals surface area contributed by atoms with Gasteiger partial charge in [0.25, 0.3) is 5.91 Å². The molecule has 0 N–H and O–H groups in total. The van der Waals surface area contributed by atoms with Crippen molar-refractivity contribution in [1.29, 1.82) is 0 Å². The number of rotatable bonds is 7. The first-order chi connectivity index (χ1) is 14.9. The van der Waals surface area contributed by atoms with Crippen LogP contribution in [0.3, 0.4) is 0 Å². The minimum absolute atomic E-state index is 0.128. The van der Waals surface area contributed by atoms with Crippen LogP contribution in [0.1, 0.15) is 41.3 Å². The van der Waals surface area contributed by atoms with E-state index in [0.717, 1.165) is 18.4 Å². The number of halogens is 1. The Balaban J connectivity index is 1.64. The third-order valence-corrected chi connectivity index (χ3v) is 7.78. The van der Waals surface area contributed by atoms with E-state index in [9.17, 15) is 17.6 Å². The van der Waals surface area contributed by atoms with Crippen LogP contribution in [0.2, 0.25) is 0 Å². The first-order valence-electron chi connectivity index (χ1n) is 10.7. The molecular formula is C23H27FN2O4S. The van der Waals surface area contributed by atoms with E-state index in [-0.39, 0.29) is 22.7 Å².